The first kappa shape index (κ1) is 24.4. The molecule has 0 N–H and O–H groups in total. The fourth-order valence-electron chi connectivity index (χ4n) is 4.56. The molecule has 0 spiro atoms. The van der Waals surface area contributed by atoms with Crippen molar-refractivity contribution in [2.45, 2.75) is 18.9 Å². The standard InChI is InChI=1S/C25H27FN4O2S.ClH/c1-28(2)19-9-10-29(15-19)23-7-5-18(14-27-23)30-11-8-17-13-22(33-24(17)25(30)31)16-4-6-21(32-3)20(26)12-16;/h4-7,12-14,19H,8-11,15H2,1-3H3;1H. The number of thiophene rings is 1. The van der Waals surface area contributed by atoms with Crippen LogP contribution in [0, 0.1) is 5.82 Å². The number of halogens is 2. The van der Waals surface area contributed by atoms with Crippen LogP contribution < -0.4 is 14.5 Å². The van der Waals surface area contributed by atoms with Gasteiger partial charge in [0.1, 0.15) is 5.82 Å². The molecule has 6 nitrogen and oxygen atoms in total. The molecule has 1 saturated heterocycles. The van der Waals surface area contributed by atoms with Crippen LogP contribution in [0.1, 0.15) is 21.7 Å². The van der Waals surface area contributed by atoms with Gasteiger partial charge in [-0.25, -0.2) is 9.37 Å². The van der Waals surface area contributed by atoms with Crippen LogP contribution in [0.4, 0.5) is 15.9 Å². The van der Waals surface area contributed by atoms with Crippen molar-refractivity contribution in [1.82, 2.24) is 9.88 Å². The average Bonchev–Trinajstić information content (AvgIpc) is 3.48. The number of pyridine rings is 1. The number of benzene rings is 1. The smallest absolute Gasteiger partial charge is 0.268 e. The number of anilines is 2. The monoisotopic (exact) mass is 502 g/mol. The zero-order valence-electron chi connectivity index (χ0n) is 19.5. The van der Waals surface area contributed by atoms with Crippen molar-refractivity contribution in [3.63, 3.8) is 0 Å². The number of rotatable bonds is 5. The first-order valence-corrected chi connectivity index (χ1v) is 11.9. The predicted octanol–water partition coefficient (Wildman–Crippen LogP) is 4.72. The van der Waals surface area contributed by atoms with Gasteiger partial charge in [-0.1, -0.05) is 0 Å². The molecule has 1 unspecified atom stereocenters. The van der Waals surface area contributed by atoms with Crippen molar-refractivity contribution in [3.8, 4) is 16.2 Å². The molecule has 3 aromatic rings. The highest BCUT2D eigenvalue weighted by molar-refractivity contribution is 7.17. The Balaban J connectivity index is 0.00000274. The number of carbonyl (C=O) groups excluding carboxylic acids is 1. The number of fused-ring (bicyclic) bond motifs is 1. The van der Waals surface area contributed by atoms with Gasteiger partial charge in [0.05, 0.1) is 23.9 Å². The van der Waals surface area contributed by atoms with Gasteiger partial charge in [0.2, 0.25) is 0 Å². The molecule has 34 heavy (non-hydrogen) atoms. The van der Waals surface area contributed by atoms with Crippen LogP contribution in [0.25, 0.3) is 10.4 Å². The molecule has 2 aliphatic heterocycles. The summed E-state index contributed by atoms with van der Waals surface area (Å²) in [5, 5.41) is 0. The minimum Gasteiger partial charge on any atom is -0.494 e. The van der Waals surface area contributed by atoms with Gasteiger partial charge in [-0.3, -0.25) is 4.79 Å². The Morgan fingerprint density at radius 2 is 2.00 bits per heavy atom. The lowest BCUT2D eigenvalue weighted by Crippen LogP contribution is -2.36. The molecule has 0 radical (unpaired) electrons. The highest BCUT2D eigenvalue weighted by Crippen LogP contribution is 2.37. The lowest BCUT2D eigenvalue weighted by Gasteiger charge is -2.27. The van der Waals surface area contributed by atoms with Gasteiger partial charge in [-0.2, -0.15) is 0 Å². The van der Waals surface area contributed by atoms with E-state index in [0.29, 0.717) is 17.5 Å². The number of hydrogen-bond acceptors (Lipinski definition) is 6. The molecule has 2 aliphatic rings. The fourth-order valence-corrected chi connectivity index (χ4v) is 5.71. The molecule has 5 rings (SSSR count). The van der Waals surface area contributed by atoms with Crippen molar-refractivity contribution in [3.05, 3.63) is 58.9 Å². The Bertz CT molecular complexity index is 1180. The first-order chi connectivity index (χ1) is 15.9. The van der Waals surface area contributed by atoms with Crippen molar-refractivity contribution in [2.75, 3.05) is 50.6 Å². The van der Waals surface area contributed by atoms with E-state index in [9.17, 15) is 9.18 Å². The lowest BCUT2D eigenvalue weighted by molar-refractivity contribution is 0.0985. The van der Waals surface area contributed by atoms with E-state index in [0.717, 1.165) is 53.4 Å². The summed E-state index contributed by atoms with van der Waals surface area (Å²) in [7, 11) is 5.67. The van der Waals surface area contributed by atoms with Crippen LogP contribution in [0.15, 0.2) is 42.6 Å². The van der Waals surface area contributed by atoms with E-state index in [1.54, 1.807) is 17.2 Å². The largest absolute Gasteiger partial charge is 0.494 e. The number of hydrogen-bond donors (Lipinski definition) is 0. The first-order valence-electron chi connectivity index (χ1n) is 11.1. The van der Waals surface area contributed by atoms with Crippen LogP contribution in [0.5, 0.6) is 5.75 Å². The van der Waals surface area contributed by atoms with Gasteiger partial charge in [0.15, 0.2) is 11.6 Å². The van der Waals surface area contributed by atoms with Gasteiger partial charge in [0, 0.05) is 30.6 Å². The summed E-state index contributed by atoms with van der Waals surface area (Å²) < 4.78 is 19.2. The number of aromatic nitrogens is 1. The summed E-state index contributed by atoms with van der Waals surface area (Å²) in [6.45, 7) is 2.56. The van der Waals surface area contributed by atoms with Crippen molar-refractivity contribution >= 4 is 41.2 Å². The number of ether oxygens (including phenoxy) is 1. The Kier molecular flexibility index (Phi) is 7.12. The number of likely N-dealkylation sites (N-methyl/N-ethyl adjacent to an activating group) is 1. The minimum absolute atomic E-state index is 0. The topological polar surface area (TPSA) is 48.9 Å². The molecule has 4 heterocycles. The predicted molar refractivity (Wildman–Crippen MR) is 137 cm³/mol. The third-order valence-corrected chi connectivity index (χ3v) is 7.77. The molecule has 1 atom stereocenters. The van der Waals surface area contributed by atoms with E-state index in [1.165, 1.54) is 24.5 Å². The molecule has 0 bridgehead atoms. The average molecular weight is 503 g/mol. The second-order valence-electron chi connectivity index (χ2n) is 8.75. The Hall–Kier alpha value is -2.68. The second kappa shape index (κ2) is 9.90. The van der Waals surface area contributed by atoms with Crippen LogP contribution in [-0.4, -0.2) is 62.7 Å². The number of nitrogens with zero attached hydrogens (tertiary/aromatic N) is 4. The molecule has 1 amide bonds. The van der Waals surface area contributed by atoms with Crippen molar-refractivity contribution in [2.24, 2.45) is 0 Å². The SMILES string of the molecule is COc1ccc(-c2cc3c(s2)C(=O)N(c2ccc(N4CCC(N(C)C)C4)nc2)CC3)cc1F.Cl. The van der Waals surface area contributed by atoms with E-state index in [4.69, 9.17) is 4.74 Å². The summed E-state index contributed by atoms with van der Waals surface area (Å²) in [6, 6.07) is 11.4. The summed E-state index contributed by atoms with van der Waals surface area (Å²) >= 11 is 1.41. The summed E-state index contributed by atoms with van der Waals surface area (Å²) in [5.41, 5.74) is 2.58. The van der Waals surface area contributed by atoms with Crippen LogP contribution in [0.2, 0.25) is 0 Å². The molecule has 1 fully saturated rings. The maximum Gasteiger partial charge on any atom is 0.268 e. The van der Waals surface area contributed by atoms with Crippen molar-refractivity contribution < 1.29 is 13.9 Å². The summed E-state index contributed by atoms with van der Waals surface area (Å²) in [5.74, 6) is 0.734. The molecule has 0 aliphatic carbocycles. The Morgan fingerprint density at radius 3 is 2.65 bits per heavy atom. The van der Waals surface area contributed by atoms with E-state index < -0.39 is 5.82 Å². The van der Waals surface area contributed by atoms with Crippen molar-refractivity contribution in [1.29, 1.82) is 0 Å². The highest BCUT2D eigenvalue weighted by atomic mass is 35.5. The van der Waals surface area contributed by atoms with Gasteiger partial charge >= 0.3 is 0 Å². The molecular formula is C25H28ClFN4O2S. The van der Waals surface area contributed by atoms with Crippen LogP contribution in [0.3, 0.4) is 0 Å². The zero-order valence-corrected chi connectivity index (χ0v) is 21.1. The van der Waals surface area contributed by atoms with Gasteiger partial charge in [0.25, 0.3) is 5.91 Å². The molecular weight excluding hydrogens is 475 g/mol. The molecule has 0 saturated carbocycles. The zero-order chi connectivity index (χ0) is 23.1. The summed E-state index contributed by atoms with van der Waals surface area (Å²) in [6.07, 6.45) is 3.69. The Labute approximate surface area is 209 Å². The van der Waals surface area contributed by atoms with Gasteiger partial charge in [-0.15, -0.1) is 23.7 Å². The van der Waals surface area contributed by atoms with E-state index >= 15 is 0 Å². The number of carbonyl (C=O) groups is 1. The van der Waals surface area contributed by atoms with E-state index in [-0.39, 0.29) is 24.1 Å². The lowest BCUT2D eigenvalue weighted by atomic mass is 10.1. The maximum absolute atomic E-state index is 14.2. The van der Waals surface area contributed by atoms with E-state index in [2.05, 4.69) is 28.9 Å². The fraction of sp³-hybridized carbons (Fsp3) is 0.360. The number of amides is 1. The number of methoxy groups -OCH3 is 1. The second-order valence-corrected chi connectivity index (χ2v) is 9.80. The van der Waals surface area contributed by atoms with Gasteiger partial charge < -0.3 is 19.4 Å². The summed E-state index contributed by atoms with van der Waals surface area (Å²) in [4.78, 5) is 25.9. The molecule has 180 valence electrons. The Morgan fingerprint density at radius 1 is 1.18 bits per heavy atom. The maximum atomic E-state index is 14.2. The molecule has 2 aromatic heterocycles. The quantitative estimate of drug-likeness (QED) is 0.505. The molecule has 9 heteroatoms. The van der Waals surface area contributed by atoms with Gasteiger partial charge in [-0.05, 0) is 74.5 Å². The normalized spacial score (nSPS) is 17.7. The molecule has 1 aromatic carbocycles. The van der Waals surface area contributed by atoms with E-state index in [1.807, 2.05) is 24.3 Å². The minimum atomic E-state index is -0.407. The third-order valence-electron chi connectivity index (χ3n) is 6.55. The van der Waals surface area contributed by atoms with Crippen LogP contribution in [-0.2, 0) is 6.42 Å². The van der Waals surface area contributed by atoms with Crippen LogP contribution >= 0.6 is 23.7 Å². The third kappa shape index (κ3) is 4.50. The highest BCUT2D eigenvalue weighted by Gasteiger charge is 2.29.